The molecule has 0 heterocycles. The lowest BCUT2D eigenvalue weighted by molar-refractivity contribution is -0.129. The molecule has 1 atom stereocenters. The van der Waals surface area contributed by atoms with Crippen LogP contribution in [0.15, 0.2) is 65.7 Å². The number of aliphatic hydroxyl groups excluding tert-OH is 1. The summed E-state index contributed by atoms with van der Waals surface area (Å²) in [5.41, 5.74) is 12.3. The third-order valence-electron chi connectivity index (χ3n) is 6.86. The van der Waals surface area contributed by atoms with Crippen molar-refractivity contribution in [2.45, 2.75) is 64.3 Å². The van der Waals surface area contributed by atoms with E-state index in [1.807, 2.05) is 60.7 Å². The minimum absolute atomic E-state index is 0. The number of nitrogens with one attached hydrogen (secondary N) is 3. The molecule has 2 aromatic carbocycles. The maximum atomic E-state index is 12.9. The number of hydrogen-bond acceptors (Lipinski definition) is 8. The van der Waals surface area contributed by atoms with E-state index in [0.717, 1.165) is 24.0 Å². The first-order chi connectivity index (χ1) is 22.7. The van der Waals surface area contributed by atoms with Crippen molar-refractivity contribution < 1.29 is 33.8 Å². The zero-order chi connectivity index (χ0) is 34.1. The molecule has 0 saturated heterocycles. The van der Waals surface area contributed by atoms with E-state index in [9.17, 15) is 24.3 Å². The van der Waals surface area contributed by atoms with Gasteiger partial charge in [-0.05, 0) is 43.2 Å². The number of benzene rings is 2. The van der Waals surface area contributed by atoms with Crippen molar-refractivity contribution in [2.75, 3.05) is 39.3 Å². The molecular weight excluding hydrogens is 642 g/mol. The fourth-order valence-corrected chi connectivity index (χ4v) is 4.27. The number of rotatable bonds is 22. The molecule has 0 saturated carbocycles. The molecule has 266 valence electrons. The Balaban J connectivity index is 0.0000115. The van der Waals surface area contributed by atoms with Crippen molar-refractivity contribution >= 4 is 42.4 Å². The molecule has 0 radical (unpaired) electrons. The van der Waals surface area contributed by atoms with Crippen LogP contribution in [0.2, 0.25) is 0 Å². The molecule has 2 aromatic rings. The second-order valence-electron chi connectivity index (χ2n) is 10.8. The number of aliphatic imine (C=N–C) groups is 1. The summed E-state index contributed by atoms with van der Waals surface area (Å²) in [6.45, 7) is 1.90. The molecule has 0 bridgehead atoms. The van der Waals surface area contributed by atoms with E-state index in [2.05, 4.69) is 20.9 Å². The predicted molar refractivity (Wildman–Crippen MR) is 185 cm³/mol. The van der Waals surface area contributed by atoms with Crippen molar-refractivity contribution in [1.82, 2.24) is 20.9 Å². The Morgan fingerprint density at radius 2 is 1.35 bits per heavy atom. The molecule has 0 aromatic heterocycles. The first kappa shape index (κ1) is 41.5. The summed E-state index contributed by atoms with van der Waals surface area (Å²) < 4.78 is 10.7. The molecular formula is C33H50ClN7O7. The predicted octanol–water partition coefficient (Wildman–Crippen LogP) is 2.57. The number of halogens is 1. The van der Waals surface area contributed by atoms with Crippen molar-refractivity contribution in [3.05, 3.63) is 71.8 Å². The van der Waals surface area contributed by atoms with E-state index in [1.165, 1.54) is 0 Å². The number of carbonyl (C=O) groups excluding carboxylic acids is 4. The fourth-order valence-electron chi connectivity index (χ4n) is 4.27. The third-order valence-corrected chi connectivity index (χ3v) is 6.86. The second kappa shape index (κ2) is 25.5. The topological polar surface area (TPSA) is 211 Å². The first-order valence-corrected chi connectivity index (χ1v) is 15.9. The van der Waals surface area contributed by atoms with Crippen LogP contribution < -0.4 is 27.4 Å². The summed E-state index contributed by atoms with van der Waals surface area (Å²) in [6, 6.07) is 18.7. The number of alkyl carbamates (subject to hydrolysis) is 1. The normalized spacial score (nSPS) is 10.9. The highest BCUT2D eigenvalue weighted by Gasteiger charge is 2.17. The van der Waals surface area contributed by atoms with Gasteiger partial charge in [-0.2, -0.15) is 0 Å². The first-order valence-electron chi connectivity index (χ1n) is 15.9. The van der Waals surface area contributed by atoms with Gasteiger partial charge in [0, 0.05) is 39.1 Å². The lowest BCUT2D eigenvalue weighted by atomic mass is 10.2. The van der Waals surface area contributed by atoms with Crippen LogP contribution in [0.1, 0.15) is 56.1 Å². The molecule has 2 rings (SSSR count). The number of amides is 4. The number of hydrogen-bond donors (Lipinski definition) is 6. The van der Waals surface area contributed by atoms with Gasteiger partial charge in [-0.25, -0.2) is 9.59 Å². The summed E-state index contributed by atoms with van der Waals surface area (Å²) in [5.74, 6) is -0.805. The van der Waals surface area contributed by atoms with E-state index in [-0.39, 0.29) is 57.0 Å². The largest absolute Gasteiger partial charge is 0.445 e. The summed E-state index contributed by atoms with van der Waals surface area (Å²) in [7, 11) is 0. The number of unbranched alkanes of at least 4 members (excludes halogenated alkanes) is 3. The van der Waals surface area contributed by atoms with Crippen LogP contribution in [-0.4, -0.2) is 85.3 Å². The van der Waals surface area contributed by atoms with Gasteiger partial charge in [-0.15, -0.1) is 12.4 Å². The van der Waals surface area contributed by atoms with Crippen LogP contribution in [0, 0.1) is 0 Å². The van der Waals surface area contributed by atoms with Crippen LogP contribution in [0.3, 0.4) is 0 Å². The Morgan fingerprint density at radius 1 is 0.750 bits per heavy atom. The van der Waals surface area contributed by atoms with Gasteiger partial charge in [-0.1, -0.05) is 67.1 Å². The molecule has 0 aliphatic carbocycles. The monoisotopic (exact) mass is 691 g/mol. The molecule has 0 spiro atoms. The highest BCUT2D eigenvalue weighted by atomic mass is 35.5. The molecule has 0 aliphatic rings. The maximum Gasteiger partial charge on any atom is 0.410 e. The number of ether oxygens (including phenoxy) is 2. The van der Waals surface area contributed by atoms with Gasteiger partial charge in [0.25, 0.3) is 5.91 Å². The molecule has 15 heteroatoms. The van der Waals surface area contributed by atoms with Crippen LogP contribution in [0.25, 0.3) is 0 Å². The Labute approximate surface area is 288 Å². The molecule has 14 nitrogen and oxygen atoms in total. The minimum atomic E-state index is -1.38. The Bertz CT molecular complexity index is 1240. The van der Waals surface area contributed by atoms with Crippen LogP contribution in [-0.2, 0) is 32.3 Å². The summed E-state index contributed by atoms with van der Waals surface area (Å²) in [6.07, 6.45) is 1.62. The van der Waals surface area contributed by atoms with Gasteiger partial charge in [0.05, 0.1) is 6.54 Å². The van der Waals surface area contributed by atoms with Crippen LogP contribution in [0.4, 0.5) is 9.59 Å². The summed E-state index contributed by atoms with van der Waals surface area (Å²) in [5, 5.41) is 18.0. The van der Waals surface area contributed by atoms with Crippen molar-refractivity contribution in [1.29, 1.82) is 0 Å². The summed E-state index contributed by atoms with van der Waals surface area (Å²) in [4.78, 5) is 54.6. The molecule has 8 N–H and O–H groups in total. The van der Waals surface area contributed by atoms with Gasteiger partial charge in [0.1, 0.15) is 19.3 Å². The van der Waals surface area contributed by atoms with Crippen LogP contribution >= 0.6 is 12.4 Å². The maximum absolute atomic E-state index is 12.9. The molecule has 48 heavy (non-hydrogen) atoms. The van der Waals surface area contributed by atoms with Crippen molar-refractivity contribution in [3.63, 3.8) is 0 Å². The smallest absolute Gasteiger partial charge is 0.410 e. The molecule has 4 amide bonds. The standard InChI is InChI=1S/C33H49N7O7.ClH/c34-31(35)37-19-9-3-8-17-29(42)39-23-28(41)30(43)36-18-10-11-21-40(33(45)47-25-27-15-6-2-7-16-27)22-12-20-38-32(44)46-24-26-13-4-1-5-14-26;/h1-2,4-7,13-16,28,41H,3,8-12,17-25H2,(H,36,43)(H,38,44)(H,39,42)(H4,34,35,37);1H. The number of nitrogens with two attached hydrogens (primary N) is 2. The lowest BCUT2D eigenvalue weighted by Crippen LogP contribution is -2.43. The highest BCUT2D eigenvalue weighted by molar-refractivity contribution is 5.85. The van der Waals surface area contributed by atoms with Crippen molar-refractivity contribution in [3.8, 4) is 0 Å². The van der Waals surface area contributed by atoms with Gasteiger partial charge in [0.2, 0.25) is 5.91 Å². The van der Waals surface area contributed by atoms with E-state index < -0.39 is 24.2 Å². The SMILES string of the molecule is Cl.NC(N)=NCCCCCC(=O)NCC(O)C(=O)NCCCCN(CCCNC(=O)OCc1ccccc1)C(=O)OCc1ccccc1. The zero-order valence-corrected chi connectivity index (χ0v) is 28.1. The lowest BCUT2D eigenvalue weighted by Gasteiger charge is -2.22. The van der Waals surface area contributed by atoms with E-state index in [1.54, 1.807) is 4.90 Å². The average Bonchev–Trinajstić information content (AvgIpc) is 3.08. The quantitative estimate of drug-likeness (QED) is 0.0608. The van der Waals surface area contributed by atoms with Gasteiger partial charge in [0.15, 0.2) is 5.96 Å². The second-order valence-corrected chi connectivity index (χ2v) is 10.8. The van der Waals surface area contributed by atoms with E-state index in [0.29, 0.717) is 51.9 Å². The molecule has 0 fully saturated rings. The van der Waals surface area contributed by atoms with Crippen LogP contribution in [0.5, 0.6) is 0 Å². The third kappa shape index (κ3) is 19.8. The summed E-state index contributed by atoms with van der Waals surface area (Å²) >= 11 is 0. The fraction of sp³-hybridized carbons (Fsp3) is 0.485. The van der Waals surface area contributed by atoms with E-state index >= 15 is 0 Å². The zero-order valence-electron chi connectivity index (χ0n) is 27.3. The Hall–Kier alpha value is -4.56. The Morgan fingerprint density at radius 3 is 2.00 bits per heavy atom. The van der Waals surface area contributed by atoms with Gasteiger partial charge >= 0.3 is 12.2 Å². The Kier molecular flexibility index (Phi) is 22.0. The number of nitrogens with zero attached hydrogens (tertiary/aromatic N) is 2. The molecule has 0 aliphatic heterocycles. The highest BCUT2D eigenvalue weighted by Crippen LogP contribution is 2.06. The van der Waals surface area contributed by atoms with Crippen molar-refractivity contribution in [2.24, 2.45) is 16.5 Å². The average molecular weight is 692 g/mol. The number of carbonyl (C=O) groups is 4. The number of guanidine groups is 1. The van der Waals surface area contributed by atoms with Gasteiger partial charge in [-0.3, -0.25) is 14.6 Å². The molecule has 1 unspecified atom stereocenters. The van der Waals surface area contributed by atoms with E-state index in [4.69, 9.17) is 20.9 Å². The number of aliphatic hydroxyl groups is 1. The minimum Gasteiger partial charge on any atom is -0.445 e. The van der Waals surface area contributed by atoms with Gasteiger partial charge < -0.3 is 46.9 Å².